The second-order valence-corrected chi connectivity index (χ2v) is 29.6. The SMILES string of the molecule is Cc1ccc(N(c2ccc(C)cc2)c2ccc(-c3ncc(C)cn3)s2)cc1.Cc1ccc(N(c2ccc(C)cc2)c2ccc(-c3ncc(C=O)cn3)s2)cc1.Cc1ccc(N(c2ccc(C)cc2)c2cccs2)cc1.[C-]#[N+]/C(C#N)=C\c1cnc(-c2ccc(N(c3ccc(C)cc3)c3ccc(C)cc3)s2)nc1. The number of hydrogen-bond donors (Lipinski definition) is 0. The zero-order valence-electron chi connectivity index (χ0n) is 60.7. The predicted molar refractivity (Wildman–Crippen MR) is 447 cm³/mol. The highest BCUT2D eigenvalue weighted by atomic mass is 32.1. The molecular weight excluding hydrogens is 1390 g/mol. The first-order valence-corrected chi connectivity index (χ1v) is 37.8. The third kappa shape index (κ3) is 19.2. The maximum absolute atomic E-state index is 10.8. The summed E-state index contributed by atoms with van der Waals surface area (Å²) < 4.78 is 0. The van der Waals surface area contributed by atoms with Crippen LogP contribution in [0, 0.1) is 80.2 Å². The average molecular weight is 1470 g/mol. The van der Waals surface area contributed by atoms with Crippen molar-refractivity contribution in [2.75, 3.05) is 19.6 Å². The molecule has 107 heavy (non-hydrogen) atoms. The highest BCUT2D eigenvalue weighted by Crippen LogP contribution is 2.45. The molecule has 7 aromatic heterocycles. The van der Waals surface area contributed by atoms with Gasteiger partial charge in [-0.2, -0.15) is 0 Å². The third-order valence-corrected chi connectivity index (χ3v) is 21.0. The number of nitrogens with zero attached hydrogens (tertiary/aromatic N) is 12. The molecule has 0 radical (unpaired) electrons. The number of aromatic nitrogens is 6. The molecule has 0 spiro atoms. The Bertz CT molecular complexity index is 5300. The fraction of sp³-hybridized carbons (Fsp3) is 0.100. The van der Waals surface area contributed by atoms with Crippen molar-refractivity contribution < 1.29 is 4.79 Å². The Balaban J connectivity index is 0.000000135. The number of hydrogen-bond acceptors (Lipinski definition) is 16. The van der Waals surface area contributed by atoms with Crippen molar-refractivity contribution in [2.24, 2.45) is 0 Å². The number of aryl methyl sites for hydroxylation is 9. The number of nitriles is 1. The van der Waals surface area contributed by atoms with E-state index < -0.39 is 0 Å². The van der Waals surface area contributed by atoms with Crippen LogP contribution >= 0.6 is 45.3 Å². The average Bonchev–Trinajstić information content (AvgIpc) is 1.75. The Labute approximate surface area is 642 Å². The van der Waals surface area contributed by atoms with Gasteiger partial charge in [0.1, 0.15) is 15.0 Å². The van der Waals surface area contributed by atoms with Crippen LogP contribution in [0.4, 0.5) is 65.5 Å². The summed E-state index contributed by atoms with van der Waals surface area (Å²) in [5.41, 5.74) is 21.1. The smallest absolute Gasteiger partial charge is 0.262 e. The van der Waals surface area contributed by atoms with E-state index in [1.807, 2.05) is 37.5 Å². The molecule has 0 aliphatic heterocycles. The molecule has 15 rings (SSSR count). The number of aldehydes is 1. The van der Waals surface area contributed by atoms with Crippen LogP contribution in [0.25, 0.3) is 43.0 Å². The van der Waals surface area contributed by atoms with Crippen LogP contribution in [0.3, 0.4) is 0 Å². The molecule has 0 amide bonds. The van der Waals surface area contributed by atoms with Gasteiger partial charge < -0.3 is 19.6 Å². The zero-order chi connectivity index (χ0) is 74.8. The molecule has 7 heterocycles. The van der Waals surface area contributed by atoms with Crippen molar-refractivity contribution in [3.63, 3.8) is 0 Å². The number of thiophene rings is 4. The lowest BCUT2D eigenvalue weighted by Crippen LogP contribution is -2.08. The number of benzene rings is 8. The zero-order valence-corrected chi connectivity index (χ0v) is 64.0. The van der Waals surface area contributed by atoms with Crippen molar-refractivity contribution in [1.29, 1.82) is 5.26 Å². The summed E-state index contributed by atoms with van der Waals surface area (Å²) in [6.07, 6.45) is 12.3. The van der Waals surface area contributed by atoms with E-state index in [-0.39, 0.29) is 5.70 Å². The Morgan fingerprint density at radius 3 is 0.822 bits per heavy atom. The molecule has 526 valence electrons. The van der Waals surface area contributed by atoms with Gasteiger partial charge in [-0.05, 0) is 225 Å². The lowest BCUT2D eigenvalue weighted by Gasteiger charge is -2.23. The number of allylic oxidation sites excluding steroid dienone is 1. The topological polar surface area (TPSA) is 136 Å². The van der Waals surface area contributed by atoms with Gasteiger partial charge in [0.25, 0.3) is 5.70 Å². The van der Waals surface area contributed by atoms with Crippen LogP contribution in [0.1, 0.15) is 66.0 Å². The lowest BCUT2D eigenvalue weighted by molar-refractivity contribution is 0.112. The number of anilines is 12. The van der Waals surface area contributed by atoms with Crippen molar-refractivity contribution in [3.05, 3.63) is 364 Å². The van der Waals surface area contributed by atoms with Crippen LogP contribution in [-0.4, -0.2) is 36.2 Å². The summed E-state index contributed by atoms with van der Waals surface area (Å²) >= 11 is 6.68. The van der Waals surface area contributed by atoms with Crippen molar-refractivity contribution in [2.45, 2.75) is 62.3 Å². The van der Waals surface area contributed by atoms with Gasteiger partial charge in [-0.3, -0.25) is 4.79 Å². The minimum atomic E-state index is 0.00611. The summed E-state index contributed by atoms with van der Waals surface area (Å²) in [7, 11) is 0. The molecule has 0 unspecified atom stereocenters. The normalized spacial score (nSPS) is 10.7. The quantitative estimate of drug-likeness (QED) is 0.0488. The molecule has 0 N–H and O–H groups in total. The Hall–Kier alpha value is -12.6. The number of carbonyl (C=O) groups excluding carboxylic acids is 1. The van der Waals surface area contributed by atoms with Gasteiger partial charge in [0.2, 0.25) is 0 Å². The second kappa shape index (κ2) is 35.2. The number of rotatable bonds is 17. The minimum absolute atomic E-state index is 0.00611. The van der Waals surface area contributed by atoms with Crippen LogP contribution in [-0.2, 0) is 0 Å². The molecule has 8 aromatic carbocycles. The van der Waals surface area contributed by atoms with Crippen molar-refractivity contribution >= 4 is 123 Å². The Morgan fingerprint density at radius 2 is 0.589 bits per heavy atom. The first-order chi connectivity index (χ1) is 52.0. The maximum atomic E-state index is 10.8. The van der Waals surface area contributed by atoms with Crippen LogP contribution in [0.2, 0.25) is 0 Å². The molecule has 15 aromatic rings. The molecule has 0 bridgehead atoms. The maximum Gasteiger partial charge on any atom is 0.262 e. The molecule has 0 fully saturated rings. The van der Waals surface area contributed by atoms with Gasteiger partial charge in [0.05, 0.1) is 37.8 Å². The third-order valence-electron chi connectivity index (χ3n) is 17.0. The van der Waals surface area contributed by atoms with Crippen molar-refractivity contribution in [1.82, 2.24) is 29.9 Å². The molecule has 17 heteroatoms. The molecule has 0 aliphatic rings. The van der Waals surface area contributed by atoms with Gasteiger partial charge >= 0.3 is 0 Å². The summed E-state index contributed by atoms with van der Waals surface area (Å²) in [6, 6.07) is 87.0. The van der Waals surface area contributed by atoms with E-state index in [4.69, 9.17) is 11.8 Å². The largest absolute Gasteiger partial charge is 0.302 e. The van der Waals surface area contributed by atoms with Crippen LogP contribution in [0.5, 0.6) is 0 Å². The lowest BCUT2D eigenvalue weighted by atomic mass is 10.1. The second-order valence-electron chi connectivity index (χ2n) is 25.5. The fourth-order valence-corrected chi connectivity index (χ4v) is 14.9. The first-order valence-electron chi connectivity index (χ1n) is 34.5. The van der Waals surface area contributed by atoms with Crippen LogP contribution in [0.15, 0.2) is 291 Å². The van der Waals surface area contributed by atoms with Gasteiger partial charge in [0.15, 0.2) is 23.8 Å². The van der Waals surface area contributed by atoms with Gasteiger partial charge in [-0.1, -0.05) is 142 Å². The monoisotopic (exact) mass is 1470 g/mol. The molecular formula is C90H76N12OS4. The highest BCUT2D eigenvalue weighted by Gasteiger charge is 2.21. The fourth-order valence-electron chi connectivity index (χ4n) is 11.1. The van der Waals surface area contributed by atoms with E-state index in [2.05, 4.69) is 346 Å². The highest BCUT2D eigenvalue weighted by molar-refractivity contribution is 7.20. The van der Waals surface area contributed by atoms with Gasteiger partial charge in [-0.15, -0.1) is 45.3 Å². The summed E-state index contributed by atoms with van der Waals surface area (Å²) in [5.74, 6) is 1.99. The van der Waals surface area contributed by atoms with E-state index in [0.717, 1.165) is 81.4 Å². The van der Waals surface area contributed by atoms with E-state index in [0.29, 0.717) is 22.8 Å². The molecule has 0 aliphatic carbocycles. The van der Waals surface area contributed by atoms with E-state index in [1.165, 1.54) is 67.0 Å². The van der Waals surface area contributed by atoms with Gasteiger partial charge in [0, 0.05) is 88.2 Å². The Morgan fingerprint density at radius 1 is 0.336 bits per heavy atom. The minimum Gasteiger partial charge on any atom is -0.302 e. The molecule has 0 atom stereocenters. The molecule has 0 saturated heterocycles. The predicted octanol–water partition coefficient (Wildman–Crippen LogP) is 25.6. The summed E-state index contributed by atoms with van der Waals surface area (Å²) in [5, 5.41) is 15.5. The molecule has 0 saturated carbocycles. The standard InChI is InChI=1S/C26H19N5S.C23H19N3OS.C23H21N3S.C18H17NS/c1-18-4-8-22(9-5-18)31(23-10-6-19(2)7-11-23)25-13-12-24(32-25)26-29-16-20(17-30-26)14-21(15-27)28-3;1-16-3-7-19(8-4-16)26(20-9-5-17(2)6-10-20)22-12-11-21(28-22)23-24-13-18(15-27)14-25-23;1-16-4-8-19(9-5-16)26(20-10-6-17(2)7-11-20)22-13-12-21(27-22)23-24-14-18(3)15-25-23;1-14-5-9-16(10-6-14)19(18-4-3-13-20-18)17-11-7-15(2)8-12-17/h4-14,16-17H,1-2H3;3-15H,1-2H3;4-15H,1-3H3;3-13H,1-2H3/b21-14-;;;. The first kappa shape index (κ1) is 74.1. The Kier molecular flexibility index (Phi) is 24.4. The van der Waals surface area contributed by atoms with E-state index in [9.17, 15) is 4.79 Å². The molecule has 13 nitrogen and oxygen atoms in total. The van der Waals surface area contributed by atoms with Gasteiger partial charge in [-0.25, -0.2) is 40.0 Å². The summed E-state index contributed by atoms with van der Waals surface area (Å²) in [6.45, 7) is 25.8. The van der Waals surface area contributed by atoms with Crippen LogP contribution < -0.4 is 19.6 Å². The number of carbonyl (C=O) groups is 1. The van der Waals surface area contributed by atoms with E-state index >= 15 is 0 Å². The van der Waals surface area contributed by atoms with Crippen molar-refractivity contribution in [3.8, 4) is 38.2 Å². The summed E-state index contributed by atoms with van der Waals surface area (Å²) in [4.78, 5) is 52.4. The van der Waals surface area contributed by atoms with E-state index in [1.54, 1.807) is 70.1 Å².